The molecule has 0 spiro atoms. The minimum atomic E-state index is 0.105. The Balaban J connectivity index is 1.55. The summed E-state index contributed by atoms with van der Waals surface area (Å²) in [5.74, 6) is 1.11. The number of urea groups is 1. The van der Waals surface area contributed by atoms with E-state index in [-0.39, 0.29) is 6.03 Å². The molecule has 2 heterocycles. The summed E-state index contributed by atoms with van der Waals surface area (Å²) in [6, 6.07) is 0.105. The number of ether oxygens (including phenoxy) is 1. The molecule has 0 atom stereocenters. The molecule has 0 unspecified atom stereocenters. The molecule has 2 aliphatic rings. The SMILES string of the molecule is CSCCCNC(=O)N1CCN(CCN2CCOCC2)CC1. The Labute approximate surface area is 138 Å². The molecule has 0 aromatic carbocycles. The summed E-state index contributed by atoms with van der Waals surface area (Å²) in [6.45, 7) is 10.5. The van der Waals surface area contributed by atoms with Gasteiger partial charge in [0.05, 0.1) is 13.2 Å². The molecular weight excluding hydrogens is 300 g/mol. The third-order valence-corrected chi connectivity index (χ3v) is 4.99. The highest BCUT2D eigenvalue weighted by Gasteiger charge is 2.21. The van der Waals surface area contributed by atoms with Gasteiger partial charge in [-0.15, -0.1) is 0 Å². The number of hydrogen-bond donors (Lipinski definition) is 1. The van der Waals surface area contributed by atoms with E-state index in [1.54, 1.807) is 0 Å². The highest BCUT2D eigenvalue weighted by atomic mass is 32.2. The maximum absolute atomic E-state index is 12.0. The van der Waals surface area contributed by atoms with Crippen LogP contribution in [0.4, 0.5) is 4.79 Å². The highest BCUT2D eigenvalue weighted by Crippen LogP contribution is 2.04. The fourth-order valence-electron chi connectivity index (χ4n) is 2.81. The number of nitrogens with one attached hydrogen (secondary N) is 1. The zero-order valence-electron chi connectivity index (χ0n) is 13.8. The standard InChI is InChI=1S/C15H30N4O2S/c1-22-14-2-3-16-15(20)19-8-6-17(7-9-19)4-5-18-10-12-21-13-11-18/h2-14H2,1H3,(H,16,20). The molecule has 0 aromatic heterocycles. The molecule has 0 aromatic rings. The van der Waals surface area contributed by atoms with Crippen LogP contribution in [0.3, 0.4) is 0 Å². The molecule has 0 radical (unpaired) electrons. The average molecular weight is 330 g/mol. The maximum Gasteiger partial charge on any atom is 0.317 e. The predicted molar refractivity (Wildman–Crippen MR) is 91.7 cm³/mol. The zero-order valence-corrected chi connectivity index (χ0v) is 14.6. The van der Waals surface area contributed by atoms with E-state index in [1.807, 2.05) is 16.7 Å². The number of carbonyl (C=O) groups excluding carboxylic acids is 1. The van der Waals surface area contributed by atoms with E-state index >= 15 is 0 Å². The largest absolute Gasteiger partial charge is 0.379 e. The summed E-state index contributed by atoms with van der Waals surface area (Å²) in [4.78, 5) is 18.9. The van der Waals surface area contributed by atoms with E-state index < -0.39 is 0 Å². The lowest BCUT2D eigenvalue weighted by atomic mass is 10.3. The van der Waals surface area contributed by atoms with Gasteiger partial charge in [0, 0.05) is 58.9 Å². The van der Waals surface area contributed by atoms with Gasteiger partial charge < -0.3 is 15.0 Å². The van der Waals surface area contributed by atoms with Gasteiger partial charge in [0.1, 0.15) is 0 Å². The summed E-state index contributed by atoms with van der Waals surface area (Å²) >= 11 is 1.82. The van der Waals surface area contributed by atoms with Crippen molar-refractivity contribution in [1.82, 2.24) is 20.0 Å². The van der Waals surface area contributed by atoms with Crippen molar-refractivity contribution in [3.05, 3.63) is 0 Å². The molecular formula is C15H30N4O2S. The van der Waals surface area contributed by atoms with Crippen LogP contribution >= 0.6 is 11.8 Å². The minimum Gasteiger partial charge on any atom is -0.379 e. The van der Waals surface area contributed by atoms with Crippen LogP contribution in [0.25, 0.3) is 0 Å². The van der Waals surface area contributed by atoms with Crippen LogP contribution < -0.4 is 5.32 Å². The number of rotatable bonds is 7. The fraction of sp³-hybridized carbons (Fsp3) is 0.933. The normalized spacial score (nSPS) is 21.0. The Morgan fingerprint density at radius 3 is 2.32 bits per heavy atom. The summed E-state index contributed by atoms with van der Waals surface area (Å²) in [6.07, 6.45) is 3.14. The molecule has 0 saturated carbocycles. The van der Waals surface area contributed by atoms with E-state index in [4.69, 9.17) is 4.74 Å². The Bertz CT molecular complexity index is 319. The first-order valence-electron chi connectivity index (χ1n) is 8.34. The molecule has 2 amide bonds. The smallest absolute Gasteiger partial charge is 0.317 e. The van der Waals surface area contributed by atoms with Gasteiger partial charge >= 0.3 is 6.03 Å². The van der Waals surface area contributed by atoms with Crippen molar-refractivity contribution < 1.29 is 9.53 Å². The summed E-state index contributed by atoms with van der Waals surface area (Å²) < 4.78 is 5.37. The van der Waals surface area contributed by atoms with Gasteiger partial charge in [0.15, 0.2) is 0 Å². The molecule has 0 bridgehead atoms. The predicted octanol–water partition coefficient (Wildman–Crippen LogP) is 0.399. The van der Waals surface area contributed by atoms with E-state index in [0.717, 1.165) is 84.3 Å². The number of amides is 2. The average Bonchev–Trinajstić information content (AvgIpc) is 2.58. The summed E-state index contributed by atoms with van der Waals surface area (Å²) in [5, 5.41) is 3.02. The first-order valence-corrected chi connectivity index (χ1v) is 9.73. The van der Waals surface area contributed by atoms with Crippen LogP contribution in [0.1, 0.15) is 6.42 Å². The van der Waals surface area contributed by atoms with Crippen LogP contribution in [0, 0.1) is 0 Å². The van der Waals surface area contributed by atoms with E-state index in [2.05, 4.69) is 21.4 Å². The molecule has 6 nitrogen and oxygen atoms in total. The Kier molecular flexibility index (Phi) is 8.36. The Hall–Kier alpha value is -0.500. The van der Waals surface area contributed by atoms with Crippen molar-refractivity contribution in [3.63, 3.8) is 0 Å². The molecule has 2 fully saturated rings. The minimum absolute atomic E-state index is 0.105. The Morgan fingerprint density at radius 2 is 1.68 bits per heavy atom. The van der Waals surface area contributed by atoms with Gasteiger partial charge in [-0.05, 0) is 18.4 Å². The van der Waals surface area contributed by atoms with Crippen LogP contribution in [0.2, 0.25) is 0 Å². The molecule has 1 N–H and O–H groups in total. The fourth-order valence-corrected chi connectivity index (χ4v) is 3.24. The number of morpholine rings is 1. The van der Waals surface area contributed by atoms with Crippen LogP contribution in [0.5, 0.6) is 0 Å². The van der Waals surface area contributed by atoms with Crippen molar-refractivity contribution in [2.45, 2.75) is 6.42 Å². The summed E-state index contributed by atoms with van der Waals surface area (Å²) in [5.41, 5.74) is 0. The lowest BCUT2D eigenvalue weighted by molar-refractivity contribution is 0.0309. The van der Waals surface area contributed by atoms with Gasteiger partial charge in [-0.2, -0.15) is 11.8 Å². The van der Waals surface area contributed by atoms with Gasteiger partial charge in [-0.1, -0.05) is 0 Å². The molecule has 2 saturated heterocycles. The van der Waals surface area contributed by atoms with Crippen molar-refractivity contribution in [2.24, 2.45) is 0 Å². The van der Waals surface area contributed by atoms with E-state index in [0.29, 0.717) is 0 Å². The third-order valence-electron chi connectivity index (χ3n) is 4.30. The van der Waals surface area contributed by atoms with Gasteiger partial charge in [0.2, 0.25) is 0 Å². The first kappa shape index (κ1) is 17.8. The summed E-state index contributed by atoms with van der Waals surface area (Å²) in [7, 11) is 0. The molecule has 2 rings (SSSR count). The quantitative estimate of drug-likeness (QED) is 0.685. The van der Waals surface area contributed by atoms with Crippen molar-refractivity contribution in [3.8, 4) is 0 Å². The zero-order chi connectivity index (χ0) is 15.6. The van der Waals surface area contributed by atoms with Gasteiger partial charge in [-0.25, -0.2) is 4.79 Å². The lowest BCUT2D eigenvalue weighted by Crippen LogP contribution is -2.53. The first-order chi connectivity index (χ1) is 10.8. The second-order valence-corrected chi connectivity index (χ2v) is 6.85. The van der Waals surface area contributed by atoms with Crippen LogP contribution in [-0.2, 0) is 4.74 Å². The molecule has 7 heteroatoms. The van der Waals surface area contributed by atoms with Crippen molar-refractivity contribution >= 4 is 17.8 Å². The molecule has 0 aliphatic carbocycles. The number of thioether (sulfide) groups is 1. The second-order valence-electron chi connectivity index (χ2n) is 5.86. The molecule has 128 valence electrons. The Morgan fingerprint density at radius 1 is 1.05 bits per heavy atom. The lowest BCUT2D eigenvalue weighted by Gasteiger charge is -2.36. The number of carbonyl (C=O) groups is 1. The van der Waals surface area contributed by atoms with Crippen LogP contribution in [-0.4, -0.2) is 105 Å². The monoisotopic (exact) mass is 330 g/mol. The second kappa shape index (κ2) is 10.3. The molecule has 22 heavy (non-hydrogen) atoms. The molecule has 2 aliphatic heterocycles. The number of piperazine rings is 1. The van der Waals surface area contributed by atoms with E-state index in [1.165, 1.54) is 0 Å². The highest BCUT2D eigenvalue weighted by molar-refractivity contribution is 7.98. The van der Waals surface area contributed by atoms with Crippen LogP contribution in [0.15, 0.2) is 0 Å². The van der Waals surface area contributed by atoms with Gasteiger partial charge in [0.25, 0.3) is 0 Å². The van der Waals surface area contributed by atoms with Crippen molar-refractivity contribution in [2.75, 3.05) is 84.1 Å². The van der Waals surface area contributed by atoms with Gasteiger partial charge in [-0.3, -0.25) is 9.80 Å². The van der Waals surface area contributed by atoms with Crippen molar-refractivity contribution in [1.29, 1.82) is 0 Å². The maximum atomic E-state index is 12.0. The number of hydrogen-bond acceptors (Lipinski definition) is 5. The third kappa shape index (κ3) is 6.32. The number of nitrogens with zero attached hydrogens (tertiary/aromatic N) is 3. The topological polar surface area (TPSA) is 48.1 Å². The van der Waals surface area contributed by atoms with E-state index in [9.17, 15) is 4.79 Å².